The van der Waals surface area contributed by atoms with Gasteiger partial charge in [-0.15, -0.1) is 0 Å². The highest BCUT2D eigenvalue weighted by Gasteiger charge is 2.30. The normalized spacial score (nSPS) is 13.9. The van der Waals surface area contributed by atoms with Crippen molar-refractivity contribution in [3.8, 4) is 0 Å². The molecule has 2 aromatic carbocycles. The van der Waals surface area contributed by atoms with Gasteiger partial charge in [0.15, 0.2) is 0 Å². The number of carbonyl (C=O) groups excluding carboxylic acids is 2. The third-order valence-corrected chi connectivity index (χ3v) is 4.75. The monoisotopic (exact) mass is 363 g/mol. The number of anilines is 1. The van der Waals surface area contributed by atoms with Crippen LogP contribution in [0, 0.1) is 0 Å². The van der Waals surface area contributed by atoms with Gasteiger partial charge in [0.05, 0.1) is 12.0 Å². The molecule has 1 N–H and O–H groups in total. The molecular weight excluding hydrogens is 342 g/mol. The SMILES string of the molecule is O=C(CCc1ccco1)N1CCCN1C(=O)Nc1cccc2ccccc12. The van der Waals surface area contributed by atoms with Crippen molar-refractivity contribution < 1.29 is 14.0 Å². The summed E-state index contributed by atoms with van der Waals surface area (Å²) in [5, 5.41) is 8.04. The van der Waals surface area contributed by atoms with Crippen LogP contribution in [0.2, 0.25) is 0 Å². The number of aryl methyl sites for hydroxylation is 1. The maximum absolute atomic E-state index is 12.8. The molecule has 0 saturated carbocycles. The zero-order chi connectivity index (χ0) is 18.6. The number of nitrogens with one attached hydrogen (secondary N) is 1. The molecule has 1 saturated heterocycles. The molecule has 3 aromatic rings. The molecule has 1 aromatic heterocycles. The van der Waals surface area contributed by atoms with E-state index in [2.05, 4.69) is 5.32 Å². The third-order valence-electron chi connectivity index (χ3n) is 4.75. The first-order chi connectivity index (χ1) is 13.2. The topological polar surface area (TPSA) is 65.8 Å². The molecule has 0 radical (unpaired) electrons. The van der Waals surface area contributed by atoms with Crippen LogP contribution in [0.25, 0.3) is 10.8 Å². The summed E-state index contributed by atoms with van der Waals surface area (Å²) < 4.78 is 5.28. The number of hydrazine groups is 1. The van der Waals surface area contributed by atoms with Crippen molar-refractivity contribution in [3.63, 3.8) is 0 Å². The summed E-state index contributed by atoms with van der Waals surface area (Å²) in [6.45, 7) is 1.09. The van der Waals surface area contributed by atoms with Crippen LogP contribution < -0.4 is 5.32 Å². The molecule has 0 atom stereocenters. The Balaban J connectivity index is 1.44. The molecule has 0 aliphatic carbocycles. The van der Waals surface area contributed by atoms with Gasteiger partial charge in [-0.1, -0.05) is 36.4 Å². The van der Waals surface area contributed by atoms with Gasteiger partial charge in [0.25, 0.3) is 0 Å². The van der Waals surface area contributed by atoms with Crippen LogP contribution in [-0.2, 0) is 11.2 Å². The quantitative estimate of drug-likeness (QED) is 0.761. The lowest BCUT2D eigenvalue weighted by Crippen LogP contribution is -2.46. The minimum atomic E-state index is -0.282. The number of hydrogen-bond donors (Lipinski definition) is 1. The zero-order valence-corrected chi connectivity index (χ0v) is 14.9. The molecule has 27 heavy (non-hydrogen) atoms. The average molecular weight is 363 g/mol. The summed E-state index contributed by atoms with van der Waals surface area (Å²) in [5.41, 5.74) is 0.744. The van der Waals surface area contributed by atoms with Crippen LogP contribution in [0.4, 0.5) is 10.5 Å². The van der Waals surface area contributed by atoms with Gasteiger partial charge in [-0.3, -0.25) is 9.80 Å². The summed E-state index contributed by atoms with van der Waals surface area (Å²) in [5.74, 6) is 0.700. The van der Waals surface area contributed by atoms with Crippen LogP contribution in [0.3, 0.4) is 0 Å². The van der Waals surface area contributed by atoms with Crippen LogP contribution in [0.15, 0.2) is 65.3 Å². The van der Waals surface area contributed by atoms with E-state index >= 15 is 0 Å². The first kappa shape index (κ1) is 17.1. The highest BCUT2D eigenvalue weighted by Crippen LogP contribution is 2.24. The van der Waals surface area contributed by atoms with Crippen molar-refractivity contribution in [3.05, 3.63) is 66.6 Å². The second kappa shape index (κ2) is 7.53. The molecule has 6 nitrogen and oxygen atoms in total. The van der Waals surface area contributed by atoms with E-state index < -0.39 is 0 Å². The molecule has 4 rings (SSSR count). The molecule has 2 heterocycles. The van der Waals surface area contributed by atoms with Crippen LogP contribution in [0.1, 0.15) is 18.6 Å². The fourth-order valence-corrected chi connectivity index (χ4v) is 3.41. The largest absolute Gasteiger partial charge is 0.469 e. The first-order valence-electron chi connectivity index (χ1n) is 9.11. The van der Waals surface area contributed by atoms with Crippen LogP contribution in [-0.4, -0.2) is 35.0 Å². The summed E-state index contributed by atoms with van der Waals surface area (Å²) in [6.07, 6.45) is 3.21. The fourth-order valence-electron chi connectivity index (χ4n) is 3.41. The molecule has 6 heteroatoms. The molecule has 3 amide bonds. The third kappa shape index (κ3) is 3.65. The fraction of sp³-hybridized carbons (Fsp3) is 0.238. The predicted octanol–water partition coefficient (Wildman–Crippen LogP) is 4.05. The first-order valence-corrected chi connectivity index (χ1v) is 9.11. The number of furan rings is 1. The lowest BCUT2D eigenvalue weighted by atomic mass is 10.1. The van der Waals surface area contributed by atoms with E-state index in [1.54, 1.807) is 17.3 Å². The lowest BCUT2D eigenvalue weighted by Gasteiger charge is -2.28. The minimum absolute atomic E-state index is 0.0723. The molecule has 1 fully saturated rings. The van der Waals surface area contributed by atoms with E-state index in [0.29, 0.717) is 25.9 Å². The molecule has 0 spiro atoms. The number of carbonyl (C=O) groups is 2. The molecule has 0 unspecified atom stereocenters. The van der Waals surface area contributed by atoms with Crippen molar-refractivity contribution in [2.75, 3.05) is 18.4 Å². The summed E-state index contributed by atoms with van der Waals surface area (Å²) in [4.78, 5) is 25.4. The van der Waals surface area contributed by atoms with Crippen molar-refractivity contribution in [1.29, 1.82) is 0 Å². The van der Waals surface area contributed by atoms with Gasteiger partial charge >= 0.3 is 6.03 Å². The Morgan fingerprint density at radius 2 is 1.78 bits per heavy atom. The lowest BCUT2D eigenvalue weighted by molar-refractivity contribution is -0.139. The number of fused-ring (bicyclic) bond motifs is 1. The minimum Gasteiger partial charge on any atom is -0.469 e. The Hall–Kier alpha value is -3.28. The van der Waals surface area contributed by atoms with E-state index in [1.807, 2.05) is 48.5 Å². The van der Waals surface area contributed by atoms with E-state index in [9.17, 15) is 9.59 Å². The number of nitrogens with zero attached hydrogens (tertiary/aromatic N) is 2. The van der Waals surface area contributed by atoms with E-state index in [-0.39, 0.29) is 11.9 Å². The van der Waals surface area contributed by atoms with Crippen molar-refractivity contribution in [2.45, 2.75) is 19.3 Å². The van der Waals surface area contributed by atoms with Gasteiger partial charge in [-0.2, -0.15) is 0 Å². The second-order valence-electron chi connectivity index (χ2n) is 6.53. The molecule has 0 bridgehead atoms. The standard InChI is InChI=1S/C21H21N3O3/c25-20(12-11-17-8-4-15-27-17)23-13-5-14-24(23)21(26)22-19-10-3-7-16-6-1-2-9-18(16)19/h1-4,6-10,15H,5,11-14H2,(H,22,26). The van der Waals surface area contributed by atoms with Gasteiger partial charge in [0.1, 0.15) is 5.76 Å². The summed E-state index contributed by atoms with van der Waals surface area (Å²) in [7, 11) is 0. The average Bonchev–Trinajstić information content (AvgIpc) is 3.38. The van der Waals surface area contributed by atoms with Gasteiger partial charge in [0, 0.05) is 31.3 Å². The van der Waals surface area contributed by atoms with Crippen LogP contribution >= 0.6 is 0 Å². The summed E-state index contributed by atoms with van der Waals surface area (Å²) >= 11 is 0. The van der Waals surface area contributed by atoms with Gasteiger partial charge in [0.2, 0.25) is 5.91 Å². The Labute approximate surface area is 157 Å². The highest BCUT2D eigenvalue weighted by molar-refractivity contribution is 6.01. The Morgan fingerprint density at radius 3 is 2.63 bits per heavy atom. The van der Waals surface area contributed by atoms with E-state index in [1.165, 1.54) is 5.01 Å². The predicted molar refractivity (Wildman–Crippen MR) is 103 cm³/mol. The van der Waals surface area contributed by atoms with Crippen molar-refractivity contribution >= 4 is 28.4 Å². The Morgan fingerprint density at radius 1 is 0.963 bits per heavy atom. The number of hydrogen-bond acceptors (Lipinski definition) is 3. The number of urea groups is 1. The molecule has 1 aliphatic heterocycles. The van der Waals surface area contributed by atoms with Crippen molar-refractivity contribution in [2.24, 2.45) is 0 Å². The van der Waals surface area contributed by atoms with Gasteiger partial charge < -0.3 is 9.73 Å². The number of rotatable bonds is 4. The van der Waals surface area contributed by atoms with Crippen LogP contribution in [0.5, 0.6) is 0 Å². The molecule has 1 aliphatic rings. The summed E-state index contributed by atoms with van der Waals surface area (Å²) in [6, 6.07) is 17.1. The number of amides is 3. The molecular formula is C21H21N3O3. The zero-order valence-electron chi connectivity index (χ0n) is 14.9. The second-order valence-corrected chi connectivity index (χ2v) is 6.53. The Bertz CT molecular complexity index is 947. The highest BCUT2D eigenvalue weighted by atomic mass is 16.3. The molecule has 138 valence electrons. The Kier molecular flexibility index (Phi) is 4.78. The van der Waals surface area contributed by atoms with Gasteiger partial charge in [-0.05, 0) is 30.0 Å². The van der Waals surface area contributed by atoms with Crippen molar-refractivity contribution in [1.82, 2.24) is 10.0 Å². The van der Waals surface area contributed by atoms with E-state index in [4.69, 9.17) is 4.42 Å². The van der Waals surface area contributed by atoms with Gasteiger partial charge in [-0.25, -0.2) is 9.80 Å². The smallest absolute Gasteiger partial charge is 0.340 e. The number of benzene rings is 2. The maximum Gasteiger partial charge on any atom is 0.340 e. The van der Waals surface area contributed by atoms with E-state index in [0.717, 1.165) is 28.6 Å². The maximum atomic E-state index is 12.8.